The smallest absolute Gasteiger partial charge is 0.0249 e. The van der Waals surface area contributed by atoms with Crippen LogP contribution >= 0.6 is 0 Å². The minimum atomic E-state index is 0.738. The average Bonchev–Trinajstić information content (AvgIpc) is 2.70. The molecule has 0 aliphatic heterocycles. The third kappa shape index (κ3) is 4.46. The summed E-state index contributed by atoms with van der Waals surface area (Å²) in [6, 6.07) is 2.37. The van der Waals surface area contributed by atoms with Gasteiger partial charge >= 0.3 is 0 Å². The van der Waals surface area contributed by atoms with E-state index in [4.69, 9.17) is 0 Å². The second-order valence-electron chi connectivity index (χ2n) is 7.35. The van der Waals surface area contributed by atoms with E-state index in [2.05, 4.69) is 31.1 Å². The van der Waals surface area contributed by atoms with E-state index in [1.165, 1.54) is 70.8 Å². The van der Waals surface area contributed by atoms with Crippen LogP contribution in [0.4, 0.5) is 0 Å². The Balaban J connectivity index is 1.93. The molecule has 1 N–H and O–H groups in total. The summed E-state index contributed by atoms with van der Waals surface area (Å²) in [5.74, 6) is 0.961. The monoisotopic (exact) mass is 280 g/mol. The third-order valence-corrected chi connectivity index (χ3v) is 5.72. The lowest BCUT2D eigenvalue weighted by Crippen LogP contribution is -2.52. The molecule has 20 heavy (non-hydrogen) atoms. The van der Waals surface area contributed by atoms with Crippen molar-refractivity contribution < 1.29 is 0 Å². The maximum absolute atomic E-state index is 3.85. The molecular formula is C18H36N2. The highest BCUT2D eigenvalue weighted by Crippen LogP contribution is 2.30. The molecule has 2 heteroatoms. The molecule has 0 heterocycles. The van der Waals surface area contributed by atoms with E-state index in [0.717, 1.165) is 24.0 Å². The number of likely N-dealkylation sites (N-methyl/N-ethyl adjacent to an activating group) is 1. The van der Waals surface area contributed by atoms with Crippen LogP contribution in [0.3, 0.4) is 0 Å². The molecule has 2 rings (SSSR count). The van der Waals surface area contributed by atoms with Crippen molar-refractivity contribution in [1.29, 1.82) is 0 Å². The molecule has 0 aromatic carbocycles. The van der Waals surface area contributed by atoms with Crippen molar-refractivity contribution in [2.45, 2.75) is 96.2 Å². The Hall–Kier alpha value is -0.0800. The average molecular weight is 281 g/mol. The summed E-state index contributed by atoms with van der Waals surface area (Å²) in [6.07, 6.45) is 14.1. The Bertz CT molecular complexity index is 258. The van der Waals surface area contributed by atoms with Crippen molar-refractivity contribution in [2.75, 3.05) is 13.6 Å². The summed E-state index contributed by atoms with van der Waals surface area (Å²) in [6.45, 7) is 5.90. The number of hydrogen-bond acceptors (Lipinski definition) is 2. The fraction of sp³-hybridized carbons (Fsp3) is 1.00. The standard InChI is InChI=1S/C18H36N2/c1-4-14-19-17-8-6-5-7-9-18(17)20(3)16-12-10-15(2)11-13-16/h15-19H,4-14H2,1-3H3. The summed E-state index contributed by atoms with van der Waals surface area (Å²) in [7, 11) is 2.41. The molecule has 0 amide bonds. The number of hydrogen-bond donors (Lipinski definition) is 1. The predicted molar refractivity (Wildman–Crippen MR) is 88.1 cm³/mol. The molecule has 2 unspecified atom stereocenters. The summed E-state index contributed by atoms with van der Waals surface area (Å²) >= 11 is 0. The normalized spacial score (nSPS) is 36.0. The van der Waals surface area contributed by atoms with Crippen molar-refractivity contribution in [3.05, 3.63) is 0 Å². The van der Waals surface area contributed by atoms with Crippen LogP contribution in [0.25, 0.3) is 0 Å². The van der Waals surface area contributed by atoms with Gasteiger partial charge in [0.05, 0.1) is 0 Å². The zero-order chi connectivity index (χ0) is 14.4. The van der Waals surface area contributed by atoms with E-state index >= 15 is 0 Å². The maximum Gasteiger partial charge on any atom is 0.0249 e. The van der Waals surface area contributed by atoms with Crippen molar-refractivity contribution in [1.82, 2.24) is 10.2 Å². The summed E-state index contributed by atoms with van der Waals surface area (Å²) in [5.41, 5.74) is 0. The van der Waals surface area contributed by atoms with Gasteiger partial charge in [0, 0.05) is 18.1 Å². The predicted octanol–water partition coefficient (Wildman–Crippen LogP) is 4.20. The van der Waals surface area contributed by atoms with Gasteiger partial charge in [-0.05, 0) is 64.5 Å². The van der Waals surface area contributed by atoms with Gasteiger partial charge in [0.15, 0.2) is 0 Å². The summed E-state index contributed by atoms with van der Waals surface area (Å²) in [5, 5.41) is 3.85. The van der Waals surface area contributed by atoms with Crippen LogP contribution in [-0.4, -0.2) is 36.6 Å². The van der Waals surface area contributed by atoms with Gasteiger partial charge in [0.1, 0.15) is 0 Å². The molecule has 0 radical (unpaired) electrons. The minimum Gasteiger partial charge on any atom is -0.312 e. The highest BCUT2D eigenvalue weighted by atomic mass is 15.2. The lowest BCUT2D eigenvalue weighted by Gasteiger charge is -2.41. The first-order valence-corrected chi connectivity index (χ1v) is 9.17. The van der Waals surface area contributed by atoms with E-state index < -0.39 is 0 Å². The zero-order valence-electron chi connectivity index (χ0n) is 14.0. The lowest BCUT2D eigenvalue weighted by atomic mass is 9.85. The molecular weight excluding hydrogens is 244 g/mol. The molecule has 2 atom stereocenters. The van der Waals surface area contributed by atoms with Crippen LogP contribution in [0.5, 0.6) is 0 Å². The van der Waals surface area contributed by atoms with Crippen LogP contribution in [0.15, 0.2) is 0 Å². The van der Waals surface area contributed by atoms with E-state index in [1.54, 1.807) is 0 Å². The molecule has 2 aliphatic carbocycles. The SMILES string of the molecule is CCCNC1CCCCCC1N(C)C1CCC(C)CC1. The highest BCUT2D eigenvalue weighted by Gasteiger charge is 2.31. The van der Waals surface area contributed by atoms with Crippen molar-refractivity contribution >= 4 is 0 Å². The molecule has 2 nitrogen and oxygen atoms in total. The molecule has 118 valence electrons. The minimum absolute atomic E-state index is 0.738. The number of nitrogens with zero attached hydrogens (tertiary/aromatic N) is 1. The summed E-state index contributed by atoms with van der Waals surface area (Å²) < 4.78 is 0. The van der Waals surface area contributed by atoms with Crippen LogP contribution in [0.2, 0.25) is 0 Å². The van der Waals surface area contributed by atoms with Gasteiger partial charge in [-0.3, -0.25) is 4.90 Å². The first-order chi connectivity index (χ1) is 9.72. The van der Waals surface area contributed by atoms with Crippen molar-refractivity contribution in [3.63, 3.8) is 0 Å². The zero-order valence-corrected chi connectivity index (χ0v) is 14.0. The molecule has 0 aromatic heterocycles. The van der Waals surface area contributed by atoms with Gasteiger partial charge in [-0.2, -0.15) is 0 Å². The lowest BCUT2D eigenvalue weighted by molar-refractivity contribution is 0.0947. The van der Waals surface area contributed by atoms with Gasteiger partial charge in [-0.1, -0.05) is 33.1 Å². The Morgan fingerprint density at radius 1 is 0.950 bits per heavy atom. The maximum atomic E-state index is 3.85. The van der Waals surface area contributed by atoms with Gasteiger partial charge in [0.2, 0.25) is 0 Å². The Morgan fingerprint density at radius 3 is 2.35 bits per heavy atom. The van der Waals surface area contributed by atoms with Gasteiger partial charge in [0.25, 0.3) is 0 Å². The van der Waals surface area contributed by atoms with Gasteiger partial charge in [-0.25, -0.2) is 0 Å². The Morgan fingerprint density at radius 2 is 1.65 bits per heavy atom. The number of rotatable bonds is 5. The van der Waals surface area contributed by atoms with Crippen molar-refractivity contribution in [2.24, 2.45) is 5.92 Å². The second-order valence-corrected chi connectivity index (χ2v) is 7.35. The molecule has 0 bridgehead atoms. The van der Waals surface area contributed by atoms with E-state index in [9.17, 15) is 0 Å². The number of nitrogens with one attached hydrogen (secondary N) is 1. The third-order valence-electron chi connectivity index (χ3n) is 5.72. The first kappa shape index (κ1) is 16.3. The highest BCUT2D eigenvalue weighted by molar-refractivity contribution is 4.89. The molecule has 2 fully saturated rings. The molecule has 2 saturated carbocycles. The molecule has 0 aromatic rings. The van der Waals surface area contributed by atoms with Crippen LogP contribution in [0, 0.1) is 5.92 Å². The largest absolute Gasteiger partial charge is 0.312 e. The fourth-order valence-corrected chi connectivity index (χ4v) is 4.26. The second kappa shape index (κ2) is 8.38. The molecule has 0 saturated heterocycles. The quantitative estimate of drug-likeness (QED) is 0.759. The Labute approximate surface area is 126 Å². The van der Waals surface area contributed by atoms with Crippen molar-refractivity contribution in [3.8, 4) is 0 Å². The van der Waals surface area contributed by atoms with Gasteiger partial charge in [-0.15, -0.1) is 0 Å². The van der Waals surface area contributed by atoms with Gasteiger partial charge < -0.3 is 5.32 Å². The first-order valence-electron chi connectivity index (χ1n) is 9.17. The topological polar surface area (TPSA) is 15.3 Å². The van der Waals surface area contributed by atoms with E-state index in [0.29, 0.717) is 0 Å². The fourth-order valence-electron chi connectivity index (χ4n) is 4.26. The molecule has 0 spiro atoms. The van der Waals surface area contributed by atoms with E-state index in [-0.39, 0.29) is 0 Å². The van der Waals surface area contributed by atoms with Crippen LogP contribution in [-0.2, 0) is 0 Å². The van der Waals surface area contributed by atoms with Crippen LogP contribution in [0.1, 0.15) is 78.1 Å². The molecule has 2 aliphatic rings. The Kier molecular flexibility index (Phi) is 6.83. The summed E-state index contributed by atoms with van der Waals surface area (Å²) in [4.78, 5) is 2.77. The van der Waals surface area contributed by atoms with E-state index in [1.807, 2.05) is 0 Å². The van der Waals surface area contributed by atoms with Crippen LogP contribution < -0.4 is 5.32 Å².